The number of aliphatic hydroxyl groups excluding tert-OH is 2. The predicted molar refractivity (Wildman–Crippen MR) is 92.3 cm³/mol. The van der Waals surface area contributed by atoms with Crippen LogP contribution >= 0.6 is 0 Å². The van der Waals surface area contributed by atoms with E-state index < -0.39 is 12.2 Å². The average molecular weight is 328 g/mol. The molecular formula is C20H24O4. The van der Waals surface area contributed by atoms with Crippen LogP contribution in [0.2, 0.25) is 0 Å². The van der Waals surface area contributed by atoms with E-state index in [1.165, 1.54) is 0 Å². The molecule has 1 heterocycles. The van der Waals surface area contributed by atoms with Gasteiger partial charge in [0.15, 0.2) is 0 Å². The van der Waals surface area contributed by atoms with Crippen LogP contribution in [0.5, 0.6) is 11.5 Å². The Labute approximate surface area is 142 Å². The van der Waals surface area contributed by atoms with Crippen molar-refractivity contribution in [3.63, 3.8) is 0 Å². The minimum absolute atomic E-state index is 0.594. The van der Waals surface area contributed by atoms with Crippen molar-refractivity contribution < 1.29 is 19.7 Å². The topological polar surface area (TPSA) is 58.9 Å². The van der Waals surface area contributed by atoms with Crippen LogP contribution in [0.3, 0.4) is 0 Å². The van der Waals surface area contributed by atoms with Crippen molar-refractivity contribution in [2.75, 3.05) is 13.2 Å². The summed E-state index contributed by atoms with van der Waals surface area (Å²) in [5.41, 5.74) is 1.19. The summed E-state index contributed by atoms with van der Waals surface area (Å²) in [6.45, 7) is 1.22. The zero-order valence-corrected chi connectivity index (χ0v) is 13.7. The summed E-state index contributed by atoms with van der Waals surface area (Å²) in [6, 6.07) is 14.7. The van der Waals surface area contributed by atoms with E-state index in [0.717, 1.165) is 25.7 Å². The summed E-state index contributed by atoms with van der Waals surface area (Å²) >= 11 is 0. The zero-order valence-electron chi connectivity index (χ0n) is 13.7. The van der Waals surface area contributed by atoms with Crippen LogP contribution < -0.4 is 9.47 Å². The first-order valence-electron chi connectivity index (χ1n) is 8.57. The maximum Gasteiger partial charge on any atom is 0.125 e. The molecule has 4 heteroatoms. The molecule has 0 aromatic heterocycles. The molecule has 24 heavy (non-hydrogen) atoms. The van der Waals surface area contributed by atoms with Crippen molar-refractivity contribution in [3.8, 4) is 11.5 Å². The largest absolute Gasteiger partial charge is 0.493 e. The van der Waals surface area contributed by atoms with E-state index in [0.29, 0.717) is 35.8 Å². The summed E-state index contributed by atoms with van der Waals surface area (Å²) in [7, 11) is 0. The SMILES string of the molecule is O[C@@H]1c2ccccc2OCCCCCCOc2ccccc2[C@H]1O. The Morgan fingerprint density at radius 2 is 1.04 bits per heavy atom. The monoisotopic (exact) mass is 328 g/mol. The second-order valence-electron chi connectivity index (χ2n) is 6.08. The maximum absolute atomic E-state index is 10.7. The second-order valence-corrected chi connectivity index (χ2v) is 6.08. The highest BCUT2D eigenvalue weighted by Crippen LogP contribution is 2.37. The first kappa shape index (κ1) is 16.8. The van der Waals surface area contributed by atoms with E-state index in [4.69, 9.17) is 9.47 Å². The highest BCUT2D eigenvalue weighted by molar-refractivity contribution is 5.40. The molecular weight excluding hydrogens is 304 g/mol. The van der Waals surface area contributed by atoms with Gasteiger partial charge < -0.3 is 19.7 Å². The Hall–Kier alpha value is -2.04. The molecule has 0 saturated carbocycles. The molecule has 0 radical (unpaired) electrons. The summed E-state index contributed by atoms with van der Waals surface area (Å²) in [5.74, 6) is 1.25. The van der Waals surface area contributed by atoms with Crippen LogP contribution in [0.1, 0.15) is 49.0 Å². The van der Waals surface area contributed by atoms with Crippen LogP contribution in [-0.2, 0) is 0 Å². The van der Waals surface area contributed by atoms with Crippen LogP contribution in [0.4, 0.5) is 0 Å². The van der Waals surface area contributed by atoms with Gasteiger partial charge in [0.1, 0.15) is 23.7 Å². The van der Waals surface area contributed by atoms with Crippen molar-refractivity contribution in [2.24, 2.45) is 0 Å². The highest BCUT2D eigenvalue weighted by Gasteiger charge is 2.25. The summed E-state index contributed by atoms with van der Waals surface area (Å²) in [4.78, 5) is 0. The predicted octanol–water partition coefficient (Wildman–Crippen LogP) is 3.79. The number of aliphatic hydroxyl groups is 2. The molecule has 1 aliphatic heterocycles. The molecule has 2 aromatic carbocycles. The van der Waals surface area contributed by atoms with Gasteiger partial charge in [-0.15, -0.1) is 0 Å². The van der Waals surface area contributed by atoms with Gasteiger partial charge >= 0.3 is 0 Å². The molecule has 2 atom stereocenters. The molecule has 128 valence electrons. The number of ether oxygens (including phenoxy) is 2. The molecule has 0 saturated heterocycles. The first-order valence-corrected chi connectivity index (χ1v) is 8.57. The van der Waals surface area contributed by atoms with Gasteiger partial charge in [0.2, 0.25) is 0 Å². The molecule has 0 aliphatic carbocycles. The van der Waals surface area contributed by atoms with E-state index in [-0.39, 0.29) is 0 Å². The average Bonchev–Trinajstić information content (AvgIpc) is 2.63. The smallest absolute Gasteiger partial charge is 0.125 e. The van der Waals surface area contributed by atoms with Crippen molar-refractivity contribution in [1.82, 2.24) is 0 Å². The van der Waals surface area contributed by atoms with E-state index in [9.17, 15) is 10.2 Å². The van der Waals surface area contributed by atoms with E-state index in [2.05, 4.69) is 0 Å². The Morgan fingerprint density at radius 3 is 1.50 bits per heavy atom. The lowest BCUT2D eigenvalue weighted by Gasteiger charge is -2.23. The quantitative estimate of drug-likeness (QED) is 0.772. The third-order valence-corrected chi connectivity index (χ3v) is 4.33. The molecule has 0 bridgehead atoms. The molecule has 0 fully saturated rings. The maximum atomic E-state index is 10.7. The third-order valence-electron chi connectivity index (χ3n) is 4.33. The van der Waals surface area contributed by atoms with Gasteiger partial charge in [0.25, 0.3) is 0 Å². The summed E-state index contributed by atoms with van der Waals surface area (Å²) in [6.07, 6.45) is 1.94. The Morgan fingerprint density at radius 1 is 0.625 bits per heavy atom. The standard InChI is InChI=1S/C20H24O4/c21-19-15-9-3-5-11-17(15)23-13-7-1-2-8-14-24-18-12-6-4-10-16(18)20(19)22/h3-6,9-12,19-22H,1-2,7-8,13-14H2/t19-,20-/m1/s1. The van der Waals surface area contributed by atoms with Gasteiger partial charge in [0.05, 0.1) is 13.2 Å². The van der Waals surface area contributed by atoms with Crippen LogP contribution in [0.25, 0.3) is 0 Å². The second kappa shape index (κ2) is 8.18. The van der Waals surface area contributed by atoms with Crippen molar-refractivity contribution in [2.45, 2.75) is 37.9 Å². The minimum Gasteiger partial charge on any atom is -0.493 e. The molecule has 0 amide bonds. The van der Waals surface area contributed by atoms with Crippen LogP contribution in [0, 0.1) is 0 Å². The zero-order chi connectivity index (χ0) is 16.8. The van der Waals surface area contributed by atoms with Gasteiger partial charge in [0, 0.05) is 11.1 Å². The van der Waals surface area contributed by atoms with Crippen molar-refractivity contribution in [3.05, 3.63) is 59.7 Å². The lowest BCUT2D eigenvalue weighted by Crippen LogP contribution is -2.14. The molecule has 0 unspecified atom stereocenters. The molecule has 2 aromatic rings. The Bertz CT molecular complexity index is 598. The fourth-order valence-corrected chi connectivity index (χ4v) is 2.97. The van der Waals surface area contributed by atoms with Gasteiger partial charge in [-0.2, -0.15) is 0 Å². The van der Waals surface area contributed by atoms with Crippen molar-refractivity contribution in [1.29, 1.82) is 0 Å². The Kier molecular flexibility index (Phi) is 5.72. The number of benzene rings is 2. The van der Waals surface area contributed by atoms with Gasteiger partial charge in [-0.3, -0.25) is 0 Å². The number of rotatable bonds is 0. The molecule has 0 spiro atoms. The number of fused-ring (bicyclic) bond motifs is 2. The fourth-order valence-electron chi connectivity index (χ4n) is 2.97. The van der Waals surface area contributed by atoms with Gasteiger partial charge in [-0.05, 0) is 37.8 Å². The lowest BCUT2D eigenvalue weighted by molar-refractivity contribution is 0.0137. The van der Waals surface area contributed by atoms with Crippen LogP contribution in [-0.4, -0.2) is 23.4 Å². The fraction of sp³-hybridized carbons (Fsp3) is 0.400. The van der Waals surface area contributed by atoms with E-state index in [1.54, 1.807) is 12.1 Å². The first-order chi connectivity index (χ1) is 11.8. The lowest BCUT2D eigenvalue weighted by atomic mass is 9.97. The van der Waals surface area contributed by atoms with Crippen molar-refractivity contribution >= 4 is 0 Å². The number of para-hydroxylation sites is 2. The normalized spacial score (nSPS) is 22.2. The molecule has 2 N–H and O–H groups in total. The van der Waals surface area contributed by atoms with Gasteiger partial charge in [-0.25, -0.2) is 0 Å². The van der Waals surface area contributed by atoms with Crippen LogP contribution in [0.15, 0.2) is 48.5 Å². The molecule has 1 aliphatic rings. The Balaban J connectivity index is 1.94. The third kappa shape index (κ3) is 3.89. The van der Waals surface area contributed by atoms with Gasteiger partial charge in [-0.1, -0.05) is 36.4 Å². The highest BCUT2D eigenvalue weighted by atomic mass is 16.5. The number of hydrogen-bond donors (Lipinski definition) is 2. The van der Waals surface area contributed by atoms with E-state index >= 15 is 0 Å². The molecule has 4 nitrogen and oxygen atoms in total. The van der Waals surface area contributed by atoms with E-state index in [1.807, 2.05) is 36.4 Å². The number of hydrogen-bond acceptors (Lipinski definition) is 4. The minimum atomic E-state index is -1.08. The molecule has 3 rings (SSSR count). The summed E-state index contributed by atoms with van der Waals surface area (Å²) < 4.78 is 11.7. The summed E-state index contributed by atoms with van der Waals surface area (Å²) in [5, 5.41) is 21.4.